The van der Waals surface area contributed by atoms with Crippen molar-refractivity contribution in [2.75, 3.05) is 0 Å². The first-order valence-electron chi connectivity index (χ1n) is 3.50. The van der Waals surface area contributed by atoms with Crippen LogP contribution in [0.15, 0.2) is 24.3 Å². The molecule has 0 unspecified atom stereocenters. The molecule has 0 fully saturated rings. The van der Waals surface area contributed by atoms with Gasteiger partial charge in [0.15, 0.2) is 0 Å². The molecule has 0 amide bonds. The standard InChI is InChI=1S/C8H10O3/c9-8(10)11-7-5-3-1-2-4-6-7/h1-4,7H,5-6H2,(H,9,10). The van der Waals surface area contributed by atoms with Crippen LogP contribution in [0.25, 0.3) is 0 Å². The van der Waals surface area contributed by atoms with Crippen molar-refractivity contribution in [2.24, 2.45) is 0 Å². The molecule has 0 atom stereocenters. The van der Waals surface area contributed by atoms with Gasteiger partial charge in [0.1, 0.15) is 6.10 Å². The molecule has 0 spiro atoms. The Balaban J connectivity index is 2.40. The first kappa shape index (κ1) is 7.85. The Morgan fingerprint density at radius 1 is 1.36 bits per heavy atom. The molecular weight excluding hydrogens is 144 g/mol. The van der Waals surface area contributed by atoms with Crippen molar-refractivity contribution in [3.8, 4) is 0 Å². The van der Waals surface area contributed by atoms with E-state index in [1.54, 1.807) is 0 Å². The molecule has 0 bridgehead atoms. The maximum absolute atomic E-state index is 10.1. The lowest BCUT2D eigenvalue weighted by atomic mass is 10.2. The molecule has 60 valence electrons. The fourth-order valence-electron chi connectivity index (χ4n) is 0.953. The van der Waals surface area contributed by atoms with E-state index in [1.807, 2.05) is 24.3 Å². The summed E-state index contributed by atoms with van der Waals surface area (Å²) in [5.74, 6) is 0. The summed E-state index contributed by atoms with van der Waals surface area (Å²) in [7, 11) is 0. The van der Waals surface area contributed by atoms with E-state index in [9.17, 15) is 4.79 Å². The Morgan fingerprint density at radius 2 is 1.91 bits per heavy atom. The summed E-state index contributed by atoms with van der Waals surface area (Å²) in [5, 5.41) is 8.29. The number of allylic oxidation sites excluding steroid dienone is 2. The summed E-state index contributed by atoms with van der Waals surface area (Å²) in [4.78, 5) is 10.1. The Kier molecular flexibility index (Phi) is 2.72. The molecule has 0 heterocycles. The van der Waals surface area contributed by atoms with Crippen LogP contribution in [-0.4, -0.2) is 17.4 Å². The molecule has 0 saturated heterocycles. The van der Waals surface area contributed by atoms with Gasteiger partial charge < -0.3 is 9.84 Å². The van der Waals surface area contributed by atoms with Gasteiger partial charge >= 0.3 is 6.16 Å². The van der Waals surface area contributed by atoms with E-state index < -0.39 is 6.16 Å². The molecule has 0 aromatic heterocycles. The van der Waals surface area contributed by atoms with Gasteiger partial charge in [-0.25, -0.2) is 4.79 Å². The molecule has 3 heteroatoms. The Bertz CT molecular complexity index is 180. The van der Waals surface area contributed by atoms with Crippen LogP contribution in [0.3, 0.4) is 0 Å². The number of hydrogen-bond acceptors (Lipinski definition) is 2. The second-order valence-electron chi connectivity index (χ2n) is 2.33. The van der Waals surface area contributed by atoms with Crippen LogP contribution >= 0.6 is 0 Å². The smallest absolute Gasteiger partial charge is 0.450 e. The topological polar surface area (TPSA) is 46.5 Å². The fourth-order valence-corrected chi connectivity index (χ4v) is 0.953. The summed E-state index contributed by atoms with van der Waals surface area (Å²) in [6.45, 7) is 0. The highest BCUT2D eigenvalue weighted by molar-refractivity contribution is 5.57. The van der Waals surface area contributed by atoms with E-state index in [0.29, 0.717) is 12.8 Å². The van der Waals surface area contributed by atoms with Crippen molar-refractivity contribution in [2.45, 2.75) is 18.9 Å². The summed E-state index contributed by atoms with van der Waals surface area (Å²) in [6, 6.07) is 0. The Hall–Kier alpha value is -1.25. The predicted molar refractivity (Wildman–Crippen MR) is 40.4 cm³/mol. The van der Waals surface area contributed by atoms with Crippen molar-refractivity contribution in [1.29, 1.82) is 0 Å². The van der Waals surface area contributed by atoms with Gasteiger partial charge in [-0.15, -0.1) is 0 Å². The van der Waals surface area contributed by atoms with Gasteiger partial charge in [0, 0.05) is 12.8 Å². The summed E-state index contributed by atoms with van der Waals surface area (Å²) in [6.07, 6.45) is 7.52. The minimum atomic E-state index is -1.20. The van der Waals surface area contributed by atoms with Crippen LogP contribution in [0.2, 0.25) is 0 Å². The van der Waals surface area contributed by atoms with E-state index in [1.165, 1.54) is 0 Å². The SMILES string of the molecule is O=C(O)OC1CC=CC=CC1. The molecule has 0 saturated carbocycles. The molecule has 1 N–H and O–H groups in total. The van der Waals surface area contributed by atoms with E-state index in [0.717, 1.165) is 0 Å². The van der Waals surface area contributed by atoms with Crippen LogP contribution in [0.4, 0.5) is 4.79 Å². The zero-order valence-electron chi connectivity index (χ0n) is 6.06. The maximum Gasteiger partial charge on any atom is 0.506 e. The largest absolute Gasteiger partial charge is 0.506 e. The lowest BCUT2D eigenvalue weighted by Gasteiger charge is -2.09. The van der Waals surface area contributed by atoms with Gasteiger partial charge in [-0.1, -0.05) is 24.3 Å². The van der Waals surface area contributed by atoms with Crippen molar-refractivity contribution in [3.63, 3.8) is 0 Å². The lowest BCUT2D eigenvalue weighted by Crippen LogP contribution is -2.14. The zero-order valence-corrected chi connectivity index (χ0v) is 6.06. The number of ether oxygens (including phenoxy) is 1. The van der Waals surface area contributed by atoms with Gasteiger partial charge in [0.2, 0.25) is 0 Å². The Labute approximate surface area is 65.0 Å². The quantitative estimate of drug-likeness (QED) is 0.587. The molecule has 1 aliphatic rings. The highest BCUT2D eigenvalue weighted by Gasteiger charge is 2.10. The number of carbonyl (C=O) groups is 1. The molecule has 1 aliphatic carbocycles. The van der Waals surface area contributed by atoms with E-state index in [4.69, 9.17) is 5.11 Å². The zero-order chi connectivity index (χ0) is 8.10. The third-order valence-corrected chi connectivity index (χ3v) is 1.45. The number of rotatable bonds is 1. The number of carboxylic acid groups (broad SMARTS) is 1. The lowest BCUT2D eigenvalue weighted by molar-refractivity contribution is 0.0543. The molecule has 3 nitrogen and oxygen atoms in total. The summed E-state index contributed by atoms with van der Waals surface area (Å²) < 4.78 is 4.59. The van der Waals surface area contributed by atoms with E-state index in [2.05, 4.69) is 4.74 Å². The van der Waals surface area contributed by atoms with Crippen LogP contribution in [-0.2, 0) is 4.74 Å². The molecule has 0 aromatic rings. The molecule has 0 aromatic carbocycles. The predicted octanol–water partition coefficient (Wildman–Crippen LogP) is 1.96. The molecule has 0 aliphatic heterocycles. The van der Waals surface area contributed by atoms with Crippen LogP contribution in [0.5, 0.6) is 0 Å². The third kappa shape index (κ3) is 2.89. The molecule has 11 heavy (non-hydrogen) atoms. The fraction of sp³-hybridized carbons (Fsp3) is 0.375. The van der Waals surface area contributed by atoms with Crippen LogP contribution < -0.4 is 0 Å². The summed E-state index contributed by atoms with van der Waals surface area (Å²) >= 11 is 0. The van der Waals surface area contributed by atoms with Gasteiger partial charge in [0.05, 0.1) is 0 Å². The average molecular weight is 154 g/mol. The van der Waals surface area contributed by atoms with Gasteiger partial charge in [0.25, 0.3) is 0 Å². The van der Waals surface area contributed by atoms with E-state index >= 15 is 0 Å². The van der Waals surface area contributed by atoms with Gasteiger partial charge in [-0.2, -0.15) is 0 Å². The first-order valence-corrected chi connectivity index (χ1v) is 3.50. The van der Waals surface area contributed by atoms with Crippen LogP contribution in [0.1, 0.15) is 12.8 Å². The number of hydrogen-bond donors (Lipinski definition) is 1. The minimum absolute atomic E-state index is 0.206. The van der Waals surface area contributed by atoms with Gasteiger partial charge in [-0.05, 0) is 0 Å². The molecule has 0 radical (unpaired) electrons. The van der Waals surface area contributed by atoms with Crippen molar-refractivity contribution < 1.29 is 14.6 Å². The third-order valence-electron chi connectivity index (χ3n) is 1.45. The average Bonchev–Trinajstić information content (AvgIpc) is 2.14. The summed E-state index contributed by atoms with van der Waals surface area (Å²) in [5.41, 5.74) is 0. The van der Waals surface area contributed by atoms with Crippen LogP contribution in [0, 0.1) is 0 Å². The van der Waals surface area contributed by atoms with Crippen molar-refractivity contribution >= 4 is 6.16 Å². The molecule has 1 rings (SSSR count). The second kappa shape index (κ2) is 3.81. The minimum Gasteiger partial charge on any atom is -0.450 e. The monoisotopic (exact) mass is 154 g/mol. The van der Waals surface area contributed by atoms with Gasteiger partial charge in [-0.3, -0.25) is 0 Å². The normalized spacial score (nSPS) is 17.8. The first-order chi connectivity index (χ1) is 5.29. The highest BCUT2D eigenvalue weighted by atomic mass is 16.7. The highest BCUT2D eigenvalue weighted by Crippen LogP contribution is 2.09. The second-order valence-corrected chi connectivity index (χ2v) is 2.33. The van der Waals surface area contributed by atoms with E-state index in [-0.39, 0.29) is 6.10 Å². The molecular formula is C8H10O3. The van der Waals surface area contributed by atoms with Crippen molar-refractivity contribution in [1.82, 2.24) is 0 Å². The Morgan fingerprint density at radius 3 is 2.36 bits per heavy atom. The maximum atomic E-state index is 10.1. The van der Waals surface area contributed by atoms with Crippen molar-refractivity contribution in [3.05, 3.63) is 24.3 Å².